The molecule has 0 saturated carbocycles. The first-order valence-electron chi connectivity index (χ1n) is 6.59. The van der Waals surface area contributed by atoms with Crippen LogP contribution in [0.15, 0.2) is 18.2 Å². The van der Waals surface area contributed by atoms with Crippen LogP contribution in [0.25, 0.3) is 11.0 Å². The van der Waals surface area contributed by atoms with Crippen LogP contribution in [0, 0.1) is 5.92 Å². The molecule has 0 spiro atoms. The molecule has 104 valence electrons. The summed E-state index contributed by atoms with van der Waals surface area (Å²) in [5.41, 5.74) is 8.45. The lowest BCUT2D eigenvalue weighted by Crippen LogP contribution is -2.31. The quantitative estimate of drug-likeness (QED) is 0.784. The van der Waals surface area contributed by atoms with Gasteiger partial charge in [0.05, 0.1) is 17.6 Å². The molecule has 5 nitrogen and oxygen atoms in total. The number of rotatable bonds is 6. The lowest BCUT2D eigenvalue weighted by Gasteiger charge is -2.23. The topological polar surface area (TPSA) is 67.2 Å². The fourth-order valence-corrected chi connectivity index (χ4v) is 2.09. The van der Waals surface area contributed by atoms with E-state index in [0.717, 1.165) is 35.8 Å². The van der Waals surface area contributed by atoms with Gasteiger partial charge in [0.25, 0.3) is 0 Å². The SMILES string of the molecule is COCCN(CC(C)C)c1nc2ccc(N)cc2[nH]1. The second kappa shape index (κ2) is 5.93. The Hall–Kier alpha value is -1.75. The van der Waals surface area contributed by atoms with Crippen molar-refractivity contribution in [3.05, 3.63) is 18.2 Å². The van der Waals surface area contributed by atoms with Gasteiger partial charge in [-0.2, -0.15) is 0 Å². The number of nitrogens with one attached hydrogen (secondary N) is 1. The highest BCUT2D eigenvalue weighted by Gasteiger charge is 2.12. The highest BCUT2D eigenvalue weighted by molar-refractivity contribution is 5.80. The Morgan fingerprint density at radius 1 is 1.42 bits per heavy atom. The van der Waals surface area contributed by atoms with E-state index in [1.807, 2.05) is 18.2 Å². The molecule has 5 heteroatoms. The van der Waals surface area contributed by atoms with Gasteiger partial charge in [-0.1, -0.05) is 13.8 Å². The first kappa shape index (κ1) is 13.7. The van der Waals surface area contributed by atoms with E-state index in [4.69, 9.17) is 10.5 Å². The molecule has 0 amide bonds. The molecule has 0 aliphatic heterocycles. The van der Waals surface area contributed by atoms with Gasteiger partial charge in [-0.15, -0.1) is 0 Å². The van der Waals surface area contributed by atoms with Crippen LogP contribution in [0.5, 0.6) is 0 Å². The Balaban J connectivity index is 2.26. The van der Waals surface area contributed by atoms with Gasteiger partial charge in [-0.3, -0.25) is 0 Å². The number of fused-ring (bicyclic) bond motifs is 1. The van der Waals surface area contributed by atoms with Gasteiger partial charge in [-0.25, -0.2) is 4.98 Å². The molecule has 1 aromatic carbocycles. The first-order valence-corrected chi connectivity index (χ1v) is 6.59. The number of aromatic nitrogens is 2. The summed E-state index contributed by atoms with van der Waals surface area (Å²) in [4.78, 5) is 10.2. The molecular weight excluding hydrogens is 240 g/mol. The molecule has 0 bridgehead atoms. The van der Waals surface area contributed by atoms with E-state index < -0.39 is 0 Å². The van der Waals surface area contributed by atoms with Crippen molar-refractivity contribution in [3.63, 3.8) is 0 Å². The fourth-order valence-electron chi connectivity index (χ4n) is 2.09. The number of benzene rings is 1. The highest BCUT2D eigenvalue weighted by Crippen LogP contribution is 2.20. The Labute approximate surface area is 113 Å². The van der Waals surface area contributed by atoms with Gasteiger partial charge in [0.15, 0.2) is 0 Å². The minimum Gasteiger partial charge on any atom is -0.399 e. The van der Waals surface area contributed by atoms with Crippen LogP contribution in [0.2, 0.25) is 0 Å². The van der Waals surface area contributed by atoms with E-state index in [2.05, 4.69) is 28.7 Å². The van der Waals surface area contributed by atoms with Gasteiger partial charge >= 0.3 is 0 Å². The van der Waals surface area contributed by atoms with E-state index in [0.29, 0.717) is 12.5 Å². The average molecular weight is 262 g/mol. The third-order valence-electron chi connectivity index (χ3n) is 2.94. The van der Waals surface area contributed by atoms with Gasteiger partial charge in [0.1, 0.15) is 0 Å². The number of aromatic amines is 1. The molecule has 0 aliphatic rings. The largest absolute Gasteiger partial charge is 0.399 e. The molecule has 3 N–H and O–H groups in total. The van der Waals surface area contributed by atoms with Crippen molar-refractivity contribution in [2.45, 2.75) is 13.8 Å². The zero-order valence-corrected chi connectivity index (χ0v) is 11.8. The molecular formula is C14H22N4O. The van der Waals surface area contributed by atoms with E-state index >= 15 is 0 Å². The number of imidazole rings is 1. The van der Waals surface area contributed by atoms with Crippen molar-refractivity contribution < 1.29 is 4.74 Å². The van der Waals surface area contributed by atoms with E-state index in [1.165, 1.54) is 0 Å². The van der Waals surface area contributed by atoms with Crippen molar-refractivity contribution in [2.24, 2.45) is 5.92 Å². The summed E-state index contributed by atoms with van der Waals surface area (Å²) in [6, 6.07) is 5.72. The predicted octanol–water partition coefficient (Wildman–Crippen LogP) is 2.25. The Bertz CT molecular complexity index is 535. The summed E-state index contributed by atoms with van der Waals surface area (Å²) >= 11 is 0. The molecule has 1 aromatic heterocycles. The molecule has 0 radical (unpaired) electrons. The highest BCUT2D eigenvalue weighted by atomic mass is 16.5. The van der Waals surface area contributed by atoms with E-state index in [1.54, 1.807) is 7.11 Å². The minimum atomic E-state index is 0.565. The first-order chi connectivity index (χ1) is 9.10. The minimum absolute atomic E-state index is 0.565. The standard InChI is InChI=1S/C14H22N4O/c1-10(2)9-18(6-7-19-3)14-16-12-5-4-11(15)8-13(12)17-14/h4-5,8,10H,6-7,9,15H2,1-3H3,(H,16,17). The lowest BCUT2D eigenvalue weighted by molar-refractivity contribution is 0.204. The number of hydrogen-bond acceptors (Lipinski definition) is 4. The van der Waals surface area contributed by atoms with Crippen molar-refractivity contribution in [3.8, 4) is 0 Å². The summed E-state index contributed by atoms with van der Waals surface area (Å²) in [5.74, 6) is 1.45. The molecule has 0 unspecified atom stereocenters. The van der Waals surface area contributed by atoms with Gasteiger partial charge in [-0.05, 0) is 24.1 Å². The Kier molecular flexibility index (Phi) is 4.27. The number of nitrogen functional groups attached to an aromatic ring is 1. The third-order valence-corrected chi connectivity index (χ3v) is 2.94. The summed E-state index contributed by atoms with van der Waals surface area (Å²) in [6.45, 7) is 6.84. The van der Waals surface area contributed by atoms with Gasteiger partial charge in [0.2, 0.25) is 5.95 Å². The summed E-state index contributed by atoms with van der Waals surface area (Å²) < 4.78 is 5.17. The van der Waals surface area contributed by atoms with Crippen LogP contribution in [-0.2, 0) is 4.74 Å². The molecule has 0 fully saturated rings. The molecule has 2 rings (SSSR count). The van der Waals surface area contributed by atoms with Crippen LogP contribution in [0.1, 0.15) is 13.8 Å². The van der Waals surface area contributed by atoms with E-state index in [-0.39, 0.29) is 0 Å². The predicted molar refractivity (Wildman–Crippen MR) is 79.4 cm³/mol. The van der Waals surface area contributed by atoms with Crippen molar-refractivity contribution in [1.29, 1.82) is 0 Å². The number of nitrogens with zero attached hydrogens (tertiary/aromatic N) is 2. The molecule has 2 aromatic rings. The van der Waals surface area contributed by atoms with Crippen molar-refractivity contribution in [1.82, 2.24) is 9.97 Å². The zero-order chi connectivity index (χ0) is 13.8. The van der Waals surface area contributed by atoms with Gasteiger partial charge in [0, 0.05) is 25.9 Å². The maximum absolute atomic E-state index is 5.79. The fraction of sp³-hybridized carbons (Fsp3) is 0.500. The van der Waals surface area contributed by atoms with Crippen LogP contribution < -0.4 is 10.6 Å². The van der Waals surface area contributed by atoms with Crippen molar-refractivity contribution >= 4 is 22.7 Å². The molecule has 19 heavy (non-hydrogen) atoms. The number of nitrogens with two attached hydrogens (primary N) is 1. The monoisotopic (exact) mass is 262 g/mol. The number of ether oxygens (including phenoxy) is 1. The van der Waals surface area contributed by atoms with Gasteiger partial charge < -0.3 is 20.4 Å². The van der Waals surface area contributed by atoms with Crippen LogP contribution in [-0.4, -0.2) is 36.8 Å². The zero-order valence-electron chi connectivity index (χ0n) is 11.8. The summed E-state index contributed by atoms with van der Waals surface area (Å²) in [7, 11) is 1.72. The molecule has 1 heterocycles. The number of H-pyrrole nitrogens is 1. The number of methoxy groups -OCH3 is 1. The van der Waals surface area contributed by atoms with Crippen LogP contribution in [0.3, 0.4) is 0 Å². The molecule has 0 saturated heterocycles. The van der Waals surface area contributed by atoms with Crippen LogP contribution in [0.4, 0.5) is 11.6 Å². The van der Waals surface area contributed by atoms with Crippen molar-refractivity contribution in [2.75, 3.05) is 37.4 Å². The average Bonchev–Trinajstić information content (AvgIpc) is 2.76. The second-order valence-electron chi connectivity index (χ2n) is 5.17. The molecule has 0 aliphatic carbocycles. The third kappa shape index (κ3) is 3.38. The molecule has 0 atom stereocenters. The second-order valence-corrected chi connectivity index (χ2v) is 5.17. The summed E-state index contributed by atoms with van der Waals surface area (Å²) in [6.07, 6.45) is 0. The normalized spacial score (nSPS) is 11.4. The van der Waals surface area contributed by atoms with Crippen LogP contribution >= 0.6 is 0 Å². The lowest BCUT2D eigenvalue weighted by atomic mass is 10.2. The smallest absolute Gasteiger partial charge is 0.203 e. The number of anilines is 2. The Morgan fingerprint density at radius 3 is 2.89 bits per heavy atom. The van der Waals surface area contributed by atoms with E-state index in [9.17, 15) is 0 Å². The maximum Gasteiger partial charge on any atom is 0.203 e. The number of hydrogen-bond donors (Lipinski definition) is 2. The maximum atomic E-state index is 5.79. The Morgan fingerprint density at radius 2 is 2.21 bits per heavy atom. The summed E-state index contributed by atoms with van der Waals surface area (Å²) in [5, 5.41) is 0.